The van der Waals surface area contributed by atoms with Crippen LogP contribution in [-0.4, -0.2) is 29.1 Å². The Balaban J connectivity index is 2.24. The van der Waals surface area contributed by atoms with Crippen molar-refractivity contribution in [1.82, 2.24) is 4.90 Å². The summed E-state index contributed by atoms with van der Waals surface area (Å²) in [4.78, 5) is 2.49. The molecule has 1 aliphatic rings. The molecular weight excluding hydrogens is 118 g/mol. The molecule has 0 spiro atoms. The fraction of sp³-hybridized carbons (Fsp3) is 1.00. The van der Waals surface area contributed by atoms with Crippen molar-refractivity contribution in [2.75, 3.05) is 18.2 Å². The summed E-state index contributed by atoms with van der Waals surface area (Å²) in [5.74, 6) is 2.58. The van der Waals surface area contributed by atoms with Crippen LogP contribution in [0, 0.1) is 0 Å². The molecule has 0 aromatic rings. The summed E-state index contributed by atoms with van der Waals surface area (Å²) in [5.41, 5.74) is 0. The monoisotopic (exact) mass is 131 g/mol. The maximum absolute atomic E-state index is 2.49. The molecule has 1 aliphatic heterocycles. The standard InChI is InChI=1S/C6H13NS/c1-6(2)7-3-4-8-5-7/h6H,3-5H2,1-2H3. The fourth-order valence-corrected chi connectivity index (χ4v) is 1.99. The molecular formula is C6H13NS. The number of rotatable bonds is 1. The minimum absolute atomic E-state index is 0.755. The first-order chi connectivity index (χ1) is 3.80. The van der Waals surface area contributed by atoms with Gasteiger partial charge in [-0.1, -0.05) is 0 Å². The molecule has 48 valence electrons. The predicted molar refractivity (Wildman–Crippen MR) is 39.2 cm³/mol. The topological polar surface area (TPSA) is 3.24 Å². The molecule has 1 nitrogen and oxygen atoms in total. The van der Waals surface area contributed by atoms with Crippen LogP contribution >= 0.6 is 11.8 Å². The van der Waals surface area contributed by atoms with E-state index in [4.69, 9.17) is 0 Å². The van der Waals surface area contributed by atoms with Gasteiger partial charge in [-0.15, -0.1) is 11.8 Å². The van der Waals surface area contributed by atoms with Crippen LogP contribution < -0.4 is 0 Å². The van der Waals surface area contributed by atoms with Gasteiger partial charge >= 0.3 is 0 Å². The minimum atomic E-state index is 0.755. The molecule has 1 heterocycles. The Kier molecular flexibility index (Phi) is 2.20. The molecule has 0 saturated carbocycles. The Bertz CT molecular complexity index is 66.9. The zero-order chi connectivity index (χ0) is 5.98. The quantitative estimate of drug-likeness (QED) is 0.529. The van der Waals surface area contributed by atoms with Gasteiger partial charge in [-0.3, -0.25) is 4.90 Å². The summed E-state index contributed by atoms with van der Waals surface area (Å²) in [6, 6.07) is 0.755. The van der Waals surface area contributed by atoms with Gasteiger partial charge in [0.25, 0.3) is 0 Å². The summed E-state index contributed by atoms with van der Waals surface area (Å²) >= 11 is 2.04. The highest BCUT2D eigenvalue weighted by Crippen LogP contribution is 2.15. The van der Waals surface area contributed by atoms with E-state index >= 15 is 0 Å². The summed E-state index contributed by atoms with van der Waals surface area (Å²) < 4.78 is 0. The van der Waals surface area contributed by atoms with E-state index < -0.39 is 0 Å². The lowest BCUT2D eigenvalue weighted by atomic mass is 10.3. The first-order valence-electron chi connectivity index (χ1n) is 3.12. The van der Waals surface area contributed by atoms with Crippen molar-refractivity contribution in [3.8, 4) is 0 Å². The van der Waals surface area contributed by atoms with Gasteiger partial charge in [-0.2, -0.15) is 0 Å². The van der Waals surface area contributed by atoms with Crippen LogP contribution in [0.1, 0.15) is 13.8 Å². The van der Waals surface area contributed by atoms with Gasteiger partial charge in [0.2, 0.25) is 0 Å². The highest BCUT2D eigenvalue weighted by atomic mass is 32.2. The van der Waals surface area contributed by atoms with E-state index in [1.165, 1.54) is 18.2 Å². The van der Waals surface area contributed by atoms with Gasteiger partial charge in [-0.05, 0) is 13.8 Å². The van der Waals surface area contributed by atoms with Crippen molar-refractivity contribution in [2.45, 2.75) is 19.9 Å². The molecule has 0 atom stereocenters. The molecule has 1 fully saturated rings. The van der Waals surface area contributed by atoms with Gasteiger partial charge in [0, 0.05) is 24.2 Å². The van der Waals surface area contributed by atoms with Crippen molar-refractivity contribution in [2.24, 2.45) is 0 Å². The Hall–Kier alpha value is 0.310. The third-order valence-corrected chi connectivity index (χ3v) is 2.50. The van der Waals surface area contributed by atoms with Crippen LogP contribution in [-0.2, 0) is 0 Å². The molecule has 0 bridgehead atoms. The highest BCUT2D eigenvalue weighted by molar-refractivity contribution is 7.99. The first kappa shape index (κ1) is 6.43. The summed E-state index contributed by atoms with van der Waals surface area (Å²) in [6.07, 6.45) is 0. The second kappa shape index (κ2) is 2.74. The van der Waals surface area contributed by atoms with E-state index in [0.717, 1.165) is 6.04 Å². The molecule has 0 aromatic carbocycles. The molecule has 0 radical (unpaired) electrons. The molecule has 2 heteroatoms. The smallest absolute Gasteiger partial charge is 0.0447 e. The van der Waals surface area contributed by atoms with E-state index in [1.807, 2.05) is 11.8 Å². The number of hydrogen-bond donors (Lipinski definition) is 0. The van der Waals surface area contributed by atoms with Crippen molar-refractivity contribution in [3.05, 3.63) is 0 Å². The van der Waals surface area contributed by atoms with Crippen LogP contribution in [0.25, 0.3) is 0 Å². The second-order valence-corrected chi connectivity index (χ2v) is 3.52. The SMILES string of the molecule is CC(C)N1CCSC1. The third kappa shape index (κ3) is 1.39. The number of thioether (sulfide) groups is 1. The zero-order valence-corrected chi connectivity index (χ0v) is 6.37. The summed E-state index contributed by atoms with van der Waals surface area (Å²) in [6.45, 7) is 5.81. The van der Waals surface area contributed by atoms with Crippen molar-refractivity contribution >= 4 is 11.8 Å². The van der Waals surface area contributed by atoms with Crippen LogP contribution in [0.4, 0.5) is 0 Å². The zero-order valence-electron chi connectivity index (χ0n) is 5.55. The van der Waals surface area contributed by atoms with E-state index in [9.17, 15) is 0 Å². The van der Waals surface area contributed by atoms with Gasteiger partial charge in [0.15, 0.2) is 0 Å². The lowest BCUT2D eigenvalue weighted by Crippen LogP contribution is -2.27. The Morgan fingerprint density at radius 1 is 1.50 bits per heavy atom. The Morgan fingerprint density at radius 2 is 2.25 bits per heavy atom. The van der Waals surface area contributed by atoms with E-state index in [2.05, 4.69) is 18.7 Å². The summed E-state index contributed by atoms with van der Waals surface area (Å²) in [7, 11) is 0. The fourth-order valence-electron chi connectivity index (χ4n) is 0.835. The van der Waals surface area contributed by atoms with Crippen molar-refractivity contribution in [1.29, 1.82) is 0 Å². The van der Waals surface area contributed by atoms with Gasteiger partial charge in [0.1, 0.15) is 0 Å². The molecule has 0 amide bonds. The van der Waals surface area contributed by atoms with Crippen LogP contribution in [0.2, 0.25) is 0 Å². The maximum Gasteiger partial charge on any atom is 0.0447 e. The van der Waals surface area contributed by atoms with Gasteiger partial charge in [0.05, 0.1) is 0 Å². The lowest BCUT2D eigenvalue weighted by molar-refractivity contribution is 0.291. The Labute approximate surface area is 55.4 Å². The molecule has 1 rings (SSSR count). The van der Waals surface area contributed by atoms with E-state index in [-0.39, 0.29) is 0 Å². The predicted octanol–water partition coefficient (Wildman–Crippen LogP) is 1.40. The van der Waals surface area contributed by atoms with E-state index in [0.29, 0.717) is 0 Å². The normalized spacial score (nSPS) is 22.9. The van der Waals surface area contributed by atoms with Gasteiger partial charge in [-0.25, -0.2) is 0 Å². The second-order valence-electron chi connectivity index (χ2n) is 2.44. The maximum atomic E-state index is 2.49. The average molecular weight is 131 g/mol. The first-order valence-corrected chi connectivity index (χ1v) is 4.28. The van der Waals surface area contributed by atoms with E-state index in [1.54, 1.807) is 0 Å². The van der Waals surface area contributed by atoms with Crippen molar-refractivity contribution < 1.29 is 0 Å². The van der Waals surface area contributed by atoms with Crippen molar-refractivity contribution in [3.63, 3.8) is 0 Å². The van der Waals surface area contributed by atoms with Crippen LogP contribution in [0.15, 0.2) is 0 Å². The molecule has 0 N–H and O–H groups in total. The average Bonchev–Trinajstić information content (AvgIpc) is 2.12. The minimum Gasteiger partial charge on any atom is -0.291 e. The van der Waals surface area contributed by atoms with Crippen LogP contribution in [0.5, 0.6) is 0 Å². The lowest BCUT2D eigenvalue weighted by Gasteiger charge is -2.17. The van der Waals surface area contributed by atoms with Crippen LogP contribution in [0.3, 0.4) is 0 Å². The molecule has 0 aliphatic carbocycles. The molecule has 8 heavy (non-hydrogen) atoms. The summed E-state index contributed by atoms with van der Waals surface area (Å²) in [5, 5.41) is 0. The number of hydrogen-bond acceptors (Lipinski definition) is 2. The highest BCUT2D eigenvalue weighted by Gasteiger charge is 2.13. The van der Waals surface area contributed by atoms with Gasteiger partial charge < -0.3 is 0 Å². The molecule has 1 saturated heterocycles. The number of nitrogens with zero attached hydrogens (tertiary/aromatic N) is 1. The Morgan fingerprint density at radius 3 is 2.50 bits per heavy atom. The molecule has 0 aromatic heterocycles. The third-order valence-electron chi connectivity index (χ3n) is 1.51. The largest absolute Gasteiger partial charge is 0.291 e. The molecule has 0 unspecified atom stereocenters.